The number of methoxy groups -OCH3 is 1. The number of halogens is 1. The van der Waals surface area contributed by atoms with Crippen molar-refractivity contribution in [2.75, 3.05) is 25.5 Å². The number of benzene rings is 1. The molecule has 8 nitrogen and oxygen atoms in total. The molecule has 1 fully saturated rings. The maximum absolute atomic E-state index is 13.0. The fraction of sp³-hybridized carbons (Fsp3) is 0.381. The van der Waals surface area contributed by atoms with E-state index in [1.54, 1.807) is 35.5 Å². The lowest BCUT2D eigenvalue weighted by Crippen LogP contribution is -2.44. The van der Waals surface area contributed by atoms with Crippen molar-refractivity contribution in [3.05, 3.63) is 46.7 Å². The van der Waals surface area contributed by atoms with E-state index in [1.807, 2.05) is 6.92 Å². The van der Waals surface area contributed by atoms with Gasteiger partial charge in [0.1, 0.15) is 5.52 Å². The first-order valence-electron chi connectivity index (χ1n) is 9.74. The highest BCUT2D eigenvalue weighted by molar-refractivity contribution is 6.30. The minimum atomic E-state index is -0.370. The molecule has 3 heterocycles. The minimum absolute atomic E-state index is 0.0390. The van der Waals surface area contributed by atoms with Crippen molar-refractivity contribution in [3.8, 4) is 5.75 Å². The molecule has 2 unspecified atom stereocenters. The van der Waals surface area contributed by atoms with Crippen molar-refractivity contribution in [2.24, 2.45) is 5.92 Å². The summed E-state index contributed by atoms with van der Waals surface area (Å²) in [5, 5.41) is 13.6. The zero-order valence-corrected chi connectivity index (χ0v) is 17.5. The third-order valence-electron chi connectivity index (χ3n) is 5.28. The van der Waals surface area contributed by atoms with Gasteiger partial charge in [-0.1, -0.05) is 18.5 Å². The van der Waals surface area contributed by atoms with Gasteiger partial charge in [-0.2, -0.15) is 4.98 Å². The van der Waals surface area contributed by atoms with Gasteiger partial charge in [-0.25, -0.2) is 0 Å². The Morgan fingerprint density at radius 1 is 1.40 bits per heavy atom. The lowest BCUT2D eigenvalue weighted by atomic mass is 9.96. The zero-order valence-electron chi connectivity index (χ0n) is 16.8. The molecule has 1 amide bonds. The number of aromatic nitrogens is 2. The summed E-state index contributed by atoms with van der Waals surface area (Å²) < 4.78 is 11.2. The van der Waals surface area contributed by atoms with E-state index < -0.39 is 0 Å². The summed E-state index contributed by atoms with van der Waals surface area (Å²) in [6, 6.07) is 5.47. The van der Waals surface area contributed by atoms with E-state index in [-0.39, 0.29) is 17.9 Å². The van der Waals surface area contributed by atoms with Crippen LogP contribution < -0.4 is 10.1 Å². The average molecular weight is 431 g/mol. The second-order valence-corrected chi connectivity index (χ2v) is 7.93. The smallest absolute Gasteiger partial charge is 0.296 e. The van der Waals surface area contributed by atoms with Crippen LogP contribution in [0.25, 0.3) is 11.1 Å². The van der Waals surface area contributed by atoms with E-state index in [0.717, 1.165) is 5.56 Å². The number of piperidine rings is 1. The summed E-state index contributed by atoms with van der Waals surface area (Å²) in [6.45, 7) is 3.41. The number of hydrogen-bond donors (Lipinski definition) is 2. The Bertz CT molecular complexity index is 1070. The molecule has 158 valence electrons. The number of likely N-dealkylation sites (tertiary alicyclic amines) is 1. The van der Waals surface area contributed by atoms with Gasteiger partial charge in [0, 0.05) is 37.6 Å². The lowest BCUT2D eigenvalue weighted by molar-refractivity contribution is 0.0297. The fourth-order valence-corrected chi connectivity index (χ4v) is 3.78. The number of carbonyl (C=O) groups excluding carboxylic acids is 1. The van der Waals surface area contributed by atoms with E-state index >= 15 is 0 Å². The van der Waals surface area contributed by atoms with Gasteiger partial charge < -0.3 is 24.5 Å². The Kier molecular flexibility index (Phi) is 5.78. The maximum Gasteiger partial charge on any atom is 0.296 e. The Labute approximate surface area is 178 Å². The number of nitrogens with one attached hydrogen (secondary N) is 1. The van der Waals surface area contributed by atoms with Crippen LogP contribution in [0.2, 0.25) is 5.02 Å². The number of amides is 1. The van der Waals surface area contributed by atoms with Crippen LogP contribution in [0.15, 0.2) is 35.0 Å². The summed E-state index contributed by atoms with van der Waals surface area (Å²) in [5.74, 6) is 0.361. The number of fused-ring (bicyclic) bond motifs is 1. The molecule has 0 bridgehead atoms. The van der Waals surface area contributed by atoms with Gasteiger partial charge in [-0.15, -0.1) is 0 Å². The van der Waals surface area contributed by atoms with Crippen LogP contribution in [-0.4, -0.2) is 52.2 Å². The van der Waals surface area contributed by atoms with Crippen LogP contribution in [0.5, 0.6) is 5.75 Å². The summed E-state index contributed by atoms with van der Waals surface area (Å²) in [5.41, 5.74) is 2.34. The van der Waals surface area contributed by atoms with Crippen molar-refractivity contribution in [1.82, 2.24) is 14.9 Å². The Balaban J connectivity index is 1.56. The predicted molar refractivity (Wildman–Crippen MR) is 113 cm³/mol. The quantitative estimate of drug-likeness (QED) is 0.640. The molecule has 0 radical (unpaired) electrons. The second-order valence-electron chi connectivity index (χ2n) is 7.50. The summed E-state index contributed by atoms with van der Waals surface area (Å²) in [4.78, 5) is 23.3. The zero-order chi connectivity index (χ0) is 21.3. The predicted octanol–water partition coefficient (Wildman–Crippen LogP) is 3.34. The number of aliphatic hydroxyl groups is 1. The highest BCUT2D eigenvalue weighted by atomic mass is 35.5. The average Bonchev–Trinajstić information content (AvgIpc) is 3.16. The van der Waals surface area contributed by atoms with Gasteiger partial charge in [0.15, 0.2) is 11.3 Å². The first-order chi connectivity index (χ1) is 14.4. The van der Waals surface area contributed by atoms with Gasteiger partial charge >= 0.3 is 0 Å². The standard InChI is InChI=1S/C21H23ClN4O4/c1-12-11-26(4-3-17(12)27)20(28)14-6-16-19(18(7-14)29-2)30-21(25-16)24-9-13-5-15(22)10-23-8-13/h5-8,10,12,17,27H,3-4,9,11H2,1-2H3,(H,24,25). The van der Waals surface area contributed by atoms with E-state index in [0.29, 0.717) is 59.5 Å². The molecule has 3 aromatic rings. The molecule has 1 aromatic carbocycles. The highest BCUT2D eigenvalue weighted by Crippen LogP contribution is 2.31. The van der Waals surface area contributed by atoms with Crippen LogP contribution in [0.4, 0.5) is 6.01 Å². The number of hydrogen-bond acceptors (Lipinski definition) is 7. The molecule has 4 rings (SSSR count). The molecule has 2 atom stereocenters. The van der Waals surface area contributed by atoms with Gasteiger partial charge in [0.2, 0.25) is 0 Å². The largest absolute Gasteiger partial charge is 0.493 e. The van der Waals surface area contributed by atoms with E-state index in [9.17, 15) is 9.90 Å². The number of nitrogens with zero attached hydrogens (tertiary/aromatic N) is 3. The topological polar surface area (TPSA) is 101 Å². The Morgan fingerprint density at radius 2 is 2.23 bits per heavy atom. The maximum atomic E-state index is 13.0. The Hall–Kier alpha value is -2.84. The van der Waals surface area contributed by atoms with Gasteiger partial charge in [0.25, 0.3) is 11.9 Å². The summed E-state index contributed by atoms with van der Waals surface area (Å²) >= 11 is 5.96. The van der Waals surface area contributed by atoms with Crippen LogP contribution in [0.3, 0.4) is 0 Å². The first kappa shape index (κ1) is 20.4. The molecule has 1 aliphatic rings. The monoisotopic (exact) mass is 430 g/mol. The molecule has 9 heteroatoms. The van der Waals surface area contributed by atoms with E-state index in [2.05, 4.69) is 15.3 Å². The Morgan fingerprint density at radius 3 is 2.97 bits per heavy atom. The van der Waals surface area contributed by atoms with Crippen molar-refractivity contribution in [1.29, 1.82) is 0 Å². The van der Waals surface area contributed by atoms with Crippen molar-refractivity contribution < 1.29 is 19.1 Å². The number of rotatable bonds is 5. The molecule has 0 spiro atoms. The number of aliphatic hydroxyl groups excluding tert-OH is 1. The molecular formula is C21H23ClN4O4. The normalized spacial score (nSPS) is 19.1. The number of anilines is 1. The lowest BCUT2D eigenvalue weighted by Gasteiger charge is -2.34. The summed E-state index contributed by atoms with van der Waals surface area (Å²) in [7, 11) is 1.52. The highest BCUT2D eigenvalue weighted by Gasteiger charge is 2.28. The molecule has 1 saturated heterocycles. The molecule has 2 aromatic heterocycles. The number of pyridine rings is 1. The van der Waals surface area contributed by atoms with Crippen LogP contribution in [-0.2, 0) is 6.54 Å². The van der Waals surface area contributed by atoms with Crippen molar-refractivity contribution in [3.63, 3.8) is 0 Å². The van der Waals surface area contributed by atoms with Gasteiger partial charge in [0.05, 0.1) is 18.2 Å². The SMILES string of the molecule is COc1cc(C(=O)N2CCC(O)C(C)C2)cc2nc(NCc3cncc(Cl)c3)oc12. The van der Waals surface area contributed by atoms with Crippen molar-refractivity contribution in [2.45, 2.75) is 26.0 Å². The third-order valence-corrected chi connectivity index (χ3v) is 5.48. The van der Waals surface area contributed by atoms with E-state index in [1.165, 1.54) is 7.11 Å². The van der Waals surface area contributed by atoms with Gasteiger partial charge in [-0.3, -0.25) is 9.78 Å². The summed E-state index contributed by atoms with van der Waals surface area (Å²) in [6.07, 6.45) is 3.47. The molecular weight excluding hydrogens is 408 g/mol. The van der Waals surface area contributed by atoms with Gasteiger partial charge in [-0.05, 0) is 36.1 Å². The number of ether oxygens (including phenoxy) is 1. The molecule has 1 aliphatic heterocycles. The first-order valence-corrected chi connectivity index (χ1v) is 10.1. The molecule has 30 heavy (non-hydrogen) atoms. The van der Waals surface area contributed by atoms with Crippen molar-refractivity contribution >= 4 is 34.6 Å². The number of carbonyl (C=O) groups is 1. The number of oxazole rings is 1. The fourth-order valence-electron chi connectivity index (χ4n) is 3.58. The van der Waals surface area contributed by atoms with Crippen LogP contribution >= 0.6 is 11.6 Å². The van der Waals surface area contributed by atoms with E-state index in [4.69, 9.17) is 20.8 Å². The molecule has 2 N–H and O–H groups in total. The molecule has 0 saturated carbocycles. The second kappa shape index (κ2) is 8.49. The third kappa shape index (κ3) is 4.20. The van der Waals surface area contributed by atoms with Crippen LogP contribution in [0.1, 0.15) is 29.3 Å². The molecule has 0 aliphatic carbocycles. The van der Waals surface area contributed by atoms with Crippen LogP contribution in [0, 0.1) is 5.92 Å². The minimum Gasteiger partial charge on any atom is -0.493 e.